The van der Waals surface area contributed by atoms with Gasteiger partial charge in [-0.2, -0.15) is 0 Å². The number of rotatable bonds is 8. The lowest BCUT2D eigenvalue weighted by molar-refractivity contribution is -0.140. The van der Waals surface area contributed by atoms with Gasteiger partial charge < -0.3 is 15.3 Å². The Morgan fingerprint density at radius 1 is 1.12 bits per heavy atom. The van der Waals surface area contributed by atoms with Gasteiger partial charge in [0, 0.05) is 11.3 Å². The first-order valence-corrected chi connectivity index (χ1v) is 9.25. The first-order valence-electron chi connectivity index (χ1n) is 7.68. The van der Waals surface area contributed by atoms with E-state index in [-0.39, 0.29) is 5.56 Å². The largest absolute Gasteiger partial charge is 0.480 e. The van der Waals surface area contributed by atoms with Gasteiger partial charge in [0.05, 0.1) is 6.61 Å². The van der Waals surface area contributed by atoms with Crippen molar-refractivity contribution in [2.45, 2.75) is 13.0 Å². The van der Waals surface area contributed by atoms with Crippen molar-refractivity contribution in [2.24, 2.45) is 0 Å². The molecule has 2 rings (SSSR count). The highest BCUT2D eigenvalue weighted by Crippen LogP contribution is 2.41. The highest BCUT2D eigenvalue weighted by atomic mass is 31.2. The third kappa shape index (κ3) is 6.00. The second kappa shape index (κ2) is 8.62. The minimum absolute atomic E-state index is 0.274. The molecule has 0 radical (unpaired) electrons. The summed E-state index contributed by atoms with van der Waals surface area (Å²) >= 11 is 0. The van der Waals surface area contributed by atoms with Gasteiger partial charge in [0.15, 0.2) is 6.04 Å². The van der Waals surface area contributed by atoms with E-state index >= 15 is 0 Å². The number of carbonyl (C=O) groups is 2. The van der Waals surface area contributed by atoms with Gasteiger partial charge in [-0.3, -0.25) is 14.4 Å². The molecule has 2 aromatic rings. The maximum absolute atomic E-state index is 12.1. The lowest BCUT2D eigenvalue weighted by atomic mass is 10.1. The molecule has 2 aromatic carbocycles. The van der Waals surface area contributed by atoms with E-state index in [0.29, 0.717) is 5.69 Å². The molecule has 1 unspecified atom stereocenters. The number of aliphatic carboxylic acids is 1. The number of carboxylic acid groups (broad SMARTS) is 1. The molecule has 0 spiro atoms. The monoisotopic (exact) mass is 378 g/mol. The summed E-state index contributed by atoms with van der Waals surface area (Å²) in [4.78, 5) is 33.2. The van der Waals surface area contributed by atoms with E-state index < -0.39 is 32.3 Å². The Morgan fingerprint density at radius 2 is 1.73 bits per heavy atom. The van der Waals surface area contributed by atoms with Crippen LogP contribution in [0.25, 0.3) is 0 Å². The van der Waals surface area contributed by atoms with Crippen LogP contribution in [0.4, 0.5) is 5.69 Å². The molecular formula is C17H19N2O6P. The summed E-state index contributed by atoms with van der Waals surface area (Å²) in [5, 5.41) is 13.8. The molecule has 9 heteroatoms. The fraction of sp³-hybridized carbons (Fsp3) is 0.176. The Bertz CT molecular complexity index is 810. The molecule has 0 bridgehead atoms. The summed E-state index contributed by atoms with van der Waals surface area (Å²) in [6.45, 7) is 1.18. The highest BCUT2D eigenvalue weighted by molar-refractivity contribution is 7.54. The zero-order chi connectivity index (χ0) is 19.2. The first kappa shape index (κ1) is 19.7. The van der Waals surface area contributed by atoms with Crippen LogP contribution in [-0.2, 0) is 13.9 Å². The van der Waals surface area contributed by atoms with Crippen molar-refractivity contribution in [1.29, 1.82) is 0 Å². The Morgan fingerprint density at radius 3 is 2.31 bits per heavy atom. The number of hydrogen-bond acceptors (Lipinski definition) is 4. The van der Waals surface area contributed by atoms with Crippen LogP contribution in [0.2, 0.25) is 0 Å². The first-order chi connectivity index (χ1) is 12.3. The van der Waals surface area contributed by atoms with Crippen LogP contribution in [0, 0.1) is 6.92 Å². The van der Waals surface area contributed by atoms with Crippen LogP contribution in [0.15, 0.2) is 54.6 Å². The SMILES string of the molecule is Cc1ccc(C(=O)N[C@@H](COP(=O)(O)Nc2ccccc2)C(=O)O)cc1. The topological polar surface area (TPSA) is 125 Å². The molecule has 0 aromatic heterocycles. The van der Waals surface area contributed by atoms with E-state index in [2.05, 4.69) is 10.4 Å². The summed E-state index contributed by atoms with van der Waals surface area (Å²) in [6.07, 6.45) is 0. The number of hydrogen-bond donors (Lipinski definition) is 4. The number of aryl methyl sites for hydroxylation is 1. The van der Waals surface area contributed by atoms with Crippen molar-refractivity contribution in [3.05, 3.63) is 65.7 Å². The normalized spacial score (nSPS) is 14.1. The van der Waals surface area contributed by atoms with Crippen LogP contribution in [-0.4, -0.2) is 34.5 Å². The maximum atomic E-state index is 12.1. The van der Waals surface area contributed by atoms with Gasteiger partial charge in [-0.15, -0.1) is 0 Å². The van der Waals surface area contributed by atoms with Crippen molar-refractivity contribution in [3.63, 3.8) is 0 Å². The second-order valence-electron chi connectivity index (χ2n) is 5.52. The van der Waals surface area contributed by atoms with Crippen LogP contribution in [0.5, 0.6) is 0 Å². The van der Waals surface area contributed by atoms with Crippen LogP contribution in [0.3, 0.4) is 0 Å². The van der Waals surface area contributed by atoms with E-state index in [1.807, 2.05) is 6.92 Å². The van der Waals surface area contributed by atoms with Crippen molar-refractivity contribution < 1.29 is 28.7 Å². The summed E-state index contributed by atoms with van der Waals surface area (Å²) in [7, 11) is -4.29. The Hall–Kier alpha value is -2.67. The fourth-order valence-corrected chi connectivity index (χ4v) is 2.90. The van der Waals surface area contributed by atoms with Crippen LogP contribution >= 0.6 is 7.75 Å². The van der Waals surface area contributed by atoms with E-state index in [9.17, 15) is 24.2 Å². The van der Waals surface area contributed by atoms with Gasteiger partial charge in [-0.05, 0) is 31.2 Å². The molecule has 2 atom stereocenters. The minimum Gasteiger partial charge on any atom is -0.480 e. The molecule has 138 valence electrons. The Kier molecular flexibility index (Phi) is 6.52. The van der Waals surface area contributed by atoms with Crippen LogP contribution < -0.4 is 10.4 Å². The number of amides is 1. The Balaban J connectivity index is 1.97. The molecule has 1 amide bonds. The van der Waals surface area contributed by atoms with Gasteiger partial charge in [0.2, 0.25) is 0 Å². The summed E-state index contributed by atoms with van der Waals surface area (Å²) in [5.41, 5.74) is 1.57. The number of anilines is 1. The van der Waals surface area contributed by atoms with Crippen molar-refractivity contribution in [2.75, 3.05) is 11.7 Å². The smallest absolute Gasteiger partial charge is 0.430 e. The standard InChI is InChI=1S/C17H19N2O6P/c1-12-7-9-13(10-8-12)16(20)18-15(17(21)22)11-25-26(23,24)19-14-5-3-2-4-6-14/h2-10,15H,11H2,1H3,(H,18,20)(H,21,22)(H2,19,23,24)/t15-/m0/s1. The molecule has 0 saturated heterocycles. The summed E-state index contributed by atoms with van der Waals surface area (Å²) in [5.74, 6) is -2.00. The lowest BCUT2D eigenvalue weighted by Gasteiger charge is -2.18. The van der Waals surface area contributed by atoms with Crippen molar-refractivity contribution >= 4 is 25.3 Å². The number of para-hydroxylation sites is 1. The second-order valence-corrected chi connectivity index (χ2v) is 7.05. The molecule has 26 heavy (non-hydrogen) atoms. The minimum atomic E-state index is -4.29. The number of benzene rings is 2. The van der Waals surface area contributed by atoms with Gasteiger partial charge in [0.25, 0.3) is 5.91 Å². The molecule has 0 heterocycles. The Labute approximate surface area is 150 Å². The predicted octanol–water partition coefficient (Wildman–Crippen LogP) is 2.41. The van der Waals surface area contributed by atoms with E-state index in [4.69, 9.17) is 4.52 Å². The van der Waals surface area contributed by atoms with E-state index in [0.717, 1.165) is 5.56 Å². The van der Waals surface area contributed by atoms with Gasteiger partial charge in [-0.25, -0.2) is 9.36 Å². The average Bonchev–Trinajstić information content (AvgIpc) is 2.59. The number of nitrogens with one attached hydrogen (secondary N) is 2. The van der Waals surface area contributed by atoms with Gasteiger partial charge in [0.1, 0.15) is 0 Å². The highest BCUT2D eigenvalue weighted by Gasteiger charge is 2.27. The number of carboxylic acids is 1. The molecule has 0 aliphatic rings. The van der Waals surface area contributed by atoms with Crippen molar-refractivity contribution in [1.82, 2.24) is 5.32 Å². The molecule has 8 nitrogen and oxygen atoms in total. The molecule has 0 fully saturated rings. The average molecular weight is 378 g/mol. The van der Waals surface area contributed by atoms with Gasteiger partial charge in [-0.1, -0.05) is 35.9 Å². The third-order valence-electron chi connectivity index (χ3n) is 3.38. The molecular weight excluding hydrogens is 359 g/mol. The van der Waals surface area contributed by atoms with Gasteiger partial charge >= 0.3 is 13.7 Å². The summed E-state index contributed by atoms with van der Waals surface area (Å²) < 4.78 is 16.8. The van der Waals surface area contributed by atoms with E-state index in [1.54, 1.807) is 54.6 Å². The molecule has 0 aliphatic carbocycles. The van der Waals surface area contributed by atoms with E-state index in [1.165, 1.54) is 0 Å². The molecule has 0 saturated carbocycles. The quantitative estimate of drug-likeness (QED) is 0.520. The van der Waals surface area contributed by atoms with Crippen molar-refractivity contribution in [3.8, 4) is 0 Å². The number of carbonyl (C=O) groups excluding carboxylic acids is 1. The summed E-state index contributed by atoms with van der Waals surface area (Å²) in [6, 6.07) is 13.2. The van der Waals surface area contributed by atoms with Crippen LogP contribution in [0.1, 0.15) is 15.9 Å². The molecule has 0 aliphatic heterocycles. The zero-order valence-electron chi connectivity index (χ0n) is 14.0. The zero-order valence-corrected chi connectivity index (χ0v) is 14.8. The lowest BCUT2D eigenvalue weighted by Crippen LogP contribution is -2.43. The molecule has 4 N–H and O–H groups in total. The maximum Gasteiger partial charge on any atom is 0.430 e. The predicted molar refractivity (Wildman–Crippen MR) is 95.9 cm³/mol. The fourth-order valence-electron chi connectivity index (χ4n) is 2.00. The third-order valence-corrected chi connectivity index (χ3v) is 4.42.